The molecule has 0 aliphatic carbocycles. The lowest BCUT2D eigenvalue weighted by Crippen LogP contribution is -2.54. The number of benzene rings is 2. The minimum absolute atomic E-state index is 0.0691. The van der Waals surface area contributed by atoms with Crippen LogP contribution in [0.4, 0.5) is 0 Å². The highest BCUT2D eigenvalue weighted by Gasteiger charge is 2.44. The van der Waals surface area contributed by atoms with E-state index in [-0.39, 0.29) is 48.0 Å². The van der Waals surface area contributed by atoms with Crippen molar-refractivity contribution in [1.82, 2.24) is 15.1 Å². The molecule has 5 atom stereocenters. The van der Waals surface area contributed by atoms with Gasteiger partial charge in [-0.3, -0.25) is 9.59 Å². The first-order valence-corrected chi connectivity index (χ1v) is 14.0. The molecule has 2 fully saturated rings. The smallest absolute Gasteiger partial charge is 0.254 e. The van der Waals surface area contributed by atoms with Gasteiger partial charge in [0.2, 0.25) is 0 Å². The van der Waals surface area contributed by atoms with Crippen LogP contribution >= 0.6 is 0 Å². The topological polar surface area (TPSA) is 82.1 Å². The lowest BCUT2D eigenvalue weighted by Gasteiger charge is -2.42. The summed E-state index contributed by atoms with van der Waals surface area (Å²) in [4.78, 5) is 31.1. The van der Waals surface area contributed by atoms with Crippen LogP contribution in [0, 0.1) is 0 Å². The first-order chi connectivity index (χ1) is 18.2. The van der Waals surface area contributed by atoms with Crippen LogP contribution in [-0.2, 0) is 23.1 Å². The first-order valence-electron chi connectivity index (χ1n) is 14.0. The van der Waals surface area contributed by atoms with Crippen molar-refractivity contribution >= 4 is 11.8 Å². The number of amides is 2. The van der Waals surface area contributed by atoms with Gasteiger partial charge in [0, 0.05) is 61.4 Å². The highest BCUT2D eigenvalue weighted by atomic mass is 16.5. The molecule has 2 bridgehead atoms. The molecule has 2 amide bonds. The van der Waals surface area contributed by atoms with Gasteiger partial charge in [-0.2, -0.15) is 0 Å². The minimum Gasteiger partial charge on any atom is -0.390 e. The Balaban J connectivity index is 1.18. The Labute approximate surface area is 225 Å². The maximum absolute atomic E-state index is 13.7. The fraction of sp³-hybridized carbons (Fsp3) is 0.548. The zero-order valence-corrected chi connectivity index (χ0v) is 22.7. The maximum atomic E-state index is 13.7. The molecule has 0 radical (unpaired) electrons. The Bertz CT molecular complexity index is 1230. The van der Waals surface area contributed by atoms with Crippen LogP contribution in [0.2, 0.25) is 0 Å². The lowest BCUT2D eigenvalue weighted by molar-refractivity contribution is 0.00819. The predicted molar refractivity (Wildman–Crippen MR) is 145 cm³/mol. The van der Waals surface area contributed by atoms with Crippen LogP contribution < -0.4 is 5.32 Å². The molecular weight excluding hydrogens is 478 g/mol. The SMILES string of the molecule is COC1C[C@H]2CC[C@@H](C1)N2C(=O)c1ccc2c(c1)C(C)(C)CN(CC(O)C1Cc3ccccc3CN1)C2=O. The molecule has 4 aliphatic heterocycles. The molecular formula is C31H39N3O4. The summed E-state index contributed by atoms with van der Waals surface area (Å²) in [5.74, 6) is -0.00540. The van der Waals surface area contributed by atoms with Gasteiger partial charge in [0.1, 0.15) is 0 Å². The molecule has 7 nitrogen and oxygen atoms in total. The fourth-order valence-corrected chi connectivity index (χ4v) is 7.28. The number of hydrogen-bond donors (Lipinski definition) is 2. The number of fused-ring (bicyclic) bond motifs is 4. The van der Waals surface area contributed by atoms with E-state index in [1.165, 1.54) is 11.1 Å². The molecule has 6 rings (SSSR count). The predicted octanol–water partition coefficient (Wildman–Crippen LogP) is 3.28. The minimum atomic E-state index is -0.670. The molecule has 38 heavy (non-hydrogen) atoms. The number of nitrogens with one attached hydrogen (secondary N) is 1. The normalized spacial score (nSPS) is 28.6. The van der Waals surface area contributed by atoms with Crippen LogP contribution in [0.15, 0.2) is 42.5 Å². The molecule has 7 heteroatoms. The highest BCUT2D eigenvalue weighted by Crippen LogP contribution is 2.39. The number of rotatable bonds is 5. The number of aliphatic hydroxyl groups excluding tert-OH is 1. The summed E-state index contributed by atoms with van der Waals surface area (Å²) < 4.78 is 5.61. The van der Waals surface area contributed by atoms with Gasteiger partial charge in [0.15, 0.2) is 0 Å². The number of carbonyl (C=O) groups excluding carboxylic acids is 2. The molecule has 0 saturated carbocycles. The van der Waals surface area contributed by atoms with Crippen molar-refractivity contribution in [1.29, 1.82) is 0 Å². The molecule has 2 N–H and O–H groups in total. The van der Waals surface area contributed by atoms with Crippen molar-refractivity contribution < 1.29 is 19.4 Å². The Morgan fingerprint density at radius 2 is 1.84 bits per heavy atom. The third-order valence-corrected chi connectivity index (χ3v) is 9.34. The van der Waals surface area contributed by atoms with E-state index in [1.807, 2.05) is 30.3 Å². The number of β-amino-alcohol motifs (C(OH)–C–C–N with tert-alkyl or cyclic N) is 1. The van der Waals surface area contributed by atoms with Crippen molar-refractivity contribution in [2.75, 3.05) is 20.2 Å². The van der Waals surface area contributed by atoms with E-state index in [9.17, 15) is 14.7 Å². The average molecular weight is 518 g/mol. The van der Waals surface area contributed by atoms with Gasteiger partial charge in [-0.15, -0.1) is 0 Å². The van der Waals surface area contributed by atoms with Gasteiger partial charge in [-0.05, 0) is 67.0 Å². The van der Waals surface area contributed by atoms with Gasteiger partial charge in [-0.25, -0.2) is 0 Å². The van der Waals surface area contributed by atoms with E-state index in [0.29, 0.717) is 17.7 Å². The summed E-state index contributed by atoms with van der Waals surface area (Å²) in [7, 11) is 1.76. The number of hydrogen-bond acceptors (Lipinski definition) is 5. The number of methoxy groups -OCH3 is 1. The third-order valence-electron chi connectivity index (χ3n) is 9.34. The van der Waals surface area contributed by atoms with Gasteiger partial charge < -0.3 is 25.0 Å². The van der Waals surface area contributed by atoms with Crippen LogP contribution in [0.1, 0.15) is 76.9 Å². The Morgan fingerprint density at radius 3 is 2.55 bits per heavy atom. The van der Waals surface area contributed by atoms with Crippen LogP contribution in [0.5, 0.6) is 0 Å². The number of carbonyl (C=O) groups is 2. The van der Waals surface area contributed by atoms with Crippen LogP contribution in [0.25, 0.3) is 0 Å². The summed E-state index contributed by atoms with van der Waals surface area (Å²) in [6.07, 6.45) is 4.16. The maximum Gasteiger partial charge on any atom is 0.254 e. The molecule has 2 saturated heterocycles. The van der Waals surface area contributed by atoms with Crippen LogP contribution in [0.3, 0.4) is 0 Å². The molecule has 202 valence electrons. The van der Waals surface area contributed by atoms with Crippen molar-refractivity contribution in [2.24, 2.45) is 0 Å². The first kappa shape index (κ1) is 25.5. The Kier molecular flexibility index (Phi) is 6.57. The molecule has 3 unspecified atom stereocenters. The number of nitrogens with zero attached hydrogens (tertiary/aromatic N) is 2. The number of aliphatic hydroxyl groups is 1. The zero-order valence-electron chi connectivity index (χ0n) is 22.7. The summed E-state index contributed by atoms with van der Waals surface area (Å²) >= 11 is 0. The van der Waals surface area contributed by atoms with E-state index in [1.54, 1.807) is 12.0 Å². The quantitative estimate of drug-likeness (QED) is 0.636. The van der Waals surface area contributed by atoms with E-state index in [2.05, 4.69) is 36.2 Å². The summed E-state index contributed by atoms with van der Waals surface area (Å²) in [6.45, 7) is 5.74. The number of piperidine rings is 1. The van der Waals surface area contributed by atoms with E-state index in [0.717, 1.165) is 44.2 Å². The Morgan fingerprint density at radius 1 is 1.13 bits per heavy atom. The van der Waals surface area contributed by atoms with Gasteiger partial charge in [0.25, 0.3) is 11.8 Å². The average Bonchev–Trinajstić information content (AvgIpc) is 3.19. The van der Waals surface area contributed by atoms with E-state index in [4.69, 9.17) is 4.74 Å². The lowest BCUT2D eigenvalue weighted by atomic mass is 9.77. The van der Waals surface area contributed by atoms with E-state index < -0.39 is 6.10 Å². The summed E-state index contributed by atoms with van der Waals surface area (Å²) in [6, 6.07) is 14.3. The summed E-state index contributed by atoms with van der Waals surface area (Å²) in [5.41, 5.74) is 4.39. The van der Waals surface area contributed by atoms with Crippen molar-refractivity contribution in [2.45, 2.75) is 88.2 Å². The second-order valence-corrected chi connectivity index (χ2v) is 12.3. The van der Waals surface area contributed by atoms with Gasteiger partial charge in [0.05, 0.1) is 12.2 Å². The monoisotopic (exact) mass is 517 g/mol. The highest BCUT2D eigenvalue weighted by molar-refractivity contribution is 6.00. The van der Waals surface area contributed by atoms with Gasteiger partial charge >= 0.3 is 0 Å². The second-order valence-electron chi connectivity index (χ2n) is 12.3. The second kappa shape index (κ2) is 9.78. The third kappa shape index (κ3) is 4.44. The molecule has 0 spiro atoms. The Hall–Kier alpha value is -2.74. The van der Waals surface area contributed by atoms with Crippen molar-refractivity contribution in [3.8, 4) is 0 Å². The largest absolute Gasteiger partial charge is 0.390 e. The molecule has 4 aliphatic rings. The van der Waals surface area contributed by atoms with Crippen LogP contribution in [-0.4, -0.2) is 77.3 Å². The van der Waals surface area contributed by atoms with Crippen molar-refractivity contribution in [3.05, 3.63) is 70.3 Å². The molecule has 0 aromatic heterocycles. The van der Waals surface area contributed by atoms with Crippen molar-refractivity contribution in [3.63, 3.8) is 0 Å². The number of ether oxygens (including phenoxy) is 1. The molecule has 4 heterocycles. The molecule has 2 aromatic carbocycles. The van der Waals surface area contributed by atoms with E-state index >= 15 is 0 Å². The molecule has 2 aromatic rings. The van der Waals surface area contributed by atoms with Gasteiger partial charge in [-0.1, -0.05) is 38.1 Å². The zero-order chi connectivity index (χ0) is 26.6. The summed E-state index contributed by atoms with van der Waals surface area (Å²) in [5, 5.41) is 14.6. The fourth-order valence-electron chi connectivity index (χ4n) is 7.28. The standard InChI is InChI=1S/C31H39N3O4/c1-31(2)18-33(17-28(35)27-13-19-6-4-5-7-21(19)16-32-27)30(37)25-11-8-20(12-26(25)31)29(36)34-22-9-10-23(34)15-24(14-22)38-3/h4-8,11-12,22-24,27-28,32,35H,9-10,13-18H2,1-3H3/t22-,23+,24?,27?,28?.